The van der Waals surface area contributed by atoms with Crippen LogP contribution in [0.1, 0.15) is 11.1 Å². The number of aromatic nitrogens is 2. The molecule has 0 radical (unpaired) electrons. The molecule has 0 N–H and O–H groups in total. The summed E-state index contributed by atoms with van der Waals surface area (Å²) >= 11 is 6.28. The number of rotatable bonds is 8. The van der Waals surface area contributed by atoms with Gasteiger partial charge in [-0.2, -0.15) is 9.78 Å². The van der Waals surface area contributed by atoms with Crippen molar-refractivity contribution >= 4 is 28.7 Å². The summed E-state index contributed by atoms with van der Waals surface area (Å²) in [6, 6.07) is 27.6. The maximum Gasteiger partial charge on any atom is 0.282 e. The quantitative estimate of drug-likeness (QED) is 0.226. The van der Waals surface area contributed by atoms with Crippen LogP contribution in [0.3, 0.4) is 0 Å². The van der Waals surface area contributed by atoms with Crippen LogP contribution in [0.15, 0.2) is 101 Å². The minimum atomic E-state index is -0.274. The van der Waals surface area contributed by atoms with E-state index in [0.29, 0.717) is 44.6 Å². The number of fused-ring (bicyclic) bond motifs is 1. The smallest absolute Gasteiger partial charge is 0.282 e. The van der Waals surface area contributed by atoms with E-state index in [1.807, 2.05) is 66.7 Å². The second-order valence-electron chi connectivity index (χ2n) is 8.31. The summed E-state index contributed by atoms with van der Waals surface area (Å²) in [6.45, 7) is 0.235. The van der Waals surface area contributed by atoms with Crippen LogP contribution >= 0.6 is 11.6 Å². The minimum absolute atomic E-state index is 0.235. The highest BCUT2D eigenvalue weighted by Gasteiger charge is 2.16. The molecule has 0 unspecified atom stereocenters. The van der Waals surface area contributed by atoms with Crippen molar-refractivity contribution in [2.75, 3.05) is 14.2 Å². The first kappa shape index (κ1) is 25.0. The van der Waals surface area contributed by atoms with E-state index in [0.717, 1.165) is 11.1 Å². The Morgan fingerprint density at radius 3 is 2.26 bits per heavy atom. The Bertz CT molecular complexity index is 1660. The normalized spacial score (nSPS) is 11.1. The molecule has 0 saturated heterocycles. The number of halogens is 1. The van der Waals surface area contributed by atoms with Crippen LogP contribution < -0.4 is 19.8 Å². The van der Waals surface area contributed by atoms with Crippen molar-refractivity contribution in [1.29, 1.82) is 0 Å². The third kappa shape index (κ3) is 5.10. The molecule has 0 amide bonds. The topological polar surface area (TPSA) is 74.9 Å². The highest BCUT2D eigenvalue weighted by atomic mass is 35.5. The van der Waals surface area contributed by atoms with E-state index in [-0.39, 0.29) is 12.2 Å². The fraction of sp³-hybridized carbons (Fsp3) is 0.100. The first-order chi connectivity index (χ1) is 18.6. The van der Waals surface area contributed by atoms with Gasteiger partial charge in [0.15, 0.2) is 17.3 Å². The zero-order valence-corrected chi connectivity index (χ0v) is 21.6. The van der Waals surface area contributed by atoms with Crippen molar-refractivity contribution in [2.24, 2.45) is 5.10 Å². The van der Waals surface area contributed by atoms with Gasteiger partial charge in [0.05, 0.1) is 31.3 Å². The van der Waals surface area contributed by atoms with Crippen molar-refractivity contribution in [3.8, 4) is 28.6 Å². The molecule has 0 spiro atoms. The summed E-state index contributed by atoms with van der Waals surface area (Å²) in [5.41, 5.74) is 2.57. The van der Waals surface area contributed by atoms with Crippen LogP contribution in [0.25, 0.3) is 22.3 Å². The van der Waals surface area contributed by atoms with Crippen molar-refractivity contribution < 1.29 is 14.2 Å². The second-order valence-corrected chi connectivity index (χ2v) is 8.72. The van der Waals surface area contributed by atoms with Crippen LogP contribution in [0, 0.1) is 0 Å². The van der Waals surface area contributed by atoms with Crippen molar-refractivity contribution in [2.45, 2.75) is 6.61 Å². The first-order valence-corrected chi connectivity index (χ1v) is 12.2. The van der Waals surface area contributed by atoms with Crippen molar-refractivity contribution in [3.63, 3.8) is 0 Å². The van der Waals surface area contributed by atoms with E-state index < -0.39 is 0 Å². The molecule has 7 nitrogen and oxygen atoms in total. The molecule has 0 aliphatic carbocycles. The summed E-state index contributed by atoms with van der Waals surface area (Å²) in [5.74, 6) is 1.76. The van der Waals surface area contributed by atoms with Gasteiger partial charge in [-0.25, -0.2) is 4.98 Å². The van der Waals surface area contributed by atoms with E-state index in [1.165, 1.54) is 4.68 Å². The molecule has 1 heterocycles. The van der Waals surface area contributed by atoms with Gasteiger partial charge in [-0.3, -0.25) is 4.79 Å². The van der Waals surface area contributed by atoms with E-state index >= 15 is 0 Å². The molecule has 5 aromatic rings. The number of methoxy groups -OCH3 is 2. The van der Waals surface area contributed by atoms with E-state index in [1.54, 1.807) is 44.7 Å². The number of hydrogen-bond acceptors (Lipinski definition) is 6. The molecule has 5 rings (SSSR count). The van der Waals surface area contributed by atoms with E-state index in [2.05, 4.69) is 5.10 Å². The lowest BCUT2D eigenvalue weighted by atomic mass is 10.2. The number of ether oxygens (including phenoxy) is 3. The predicted molar refractivity (Wildman–Crippen MR) is 150 cm³/mol. The predicted octanol–water partition coefficient (Wildman–Crippen LogP) is 6.20. The van der Waals surface area contributed by atoms with Gasteiger partial charge in [-0.15, -0.1) is 0 Å². The lowest BCUT2D eigenvalue weighted by molar-refractivity contribution is 0.266. The number of para-hydroxylation sites is 1. The van der Waals surface area contributed by atoms with Crippen LogP contribution in [0.4, 0.5) is 0 Å². The highest BCUT2D eigenvalue weighted by Crippen LogP contribution is 2.39. The van der Waals surface area contributed by atoms with E-state index in [4.69, 9.17) is 30.8 Å². The fourth-order valence-electron chi connectivity index (χ4n) is 4.01. The van der Waals surface area contributed by atoms with Crippen LogP contribution in [-0.4, -0.2) is 30.1 Å². The SMILES string of the molecule is COc1cc(C=Nn2c(-c3ccccc3)nc3ccccc3c2=O)cc(OC)c1OCc1ccccc1Cl. The third-order valence-corrected chi connectivity index (χ3v) is 6.29. The maximum atomic E-state index is 13.4. The molecular formula is C30H24ClN3O4. The molecule has 0 aliphatic rings. The molecular weight excluding hydrogens is 502 g/mol. The summed E-state index contributed by atoms with van der Waals surface area (Å²) in [4.78, 5) is 18.2. The maximum absolute atomic E-state index is 13.4. The molecule has 190 valence electrons. The van der Waals surface area contributed by atoms with Gasteiger partial charge < -0.3 is 14.2 Å². The zero-order valence-electron chi connectivity index (χ0n) is 20.8. The fourth-order valence-corrected chi connectivity index (χ4v) is 4.20. The number of benzene rings is 4. The lowest BCUT2D eigenvalue weighted by Gasteiger charge is -2.16. The molecule has 0 atom stereocenters. The molecule has 4 aromatic carbocycles. The van der Waals surface area contributed by atoms with Gasteiger partial charge in [-0.1, -0.05) is 72.3 Å². The van der Waals surface area contributed by atoms with Crippen LogP contribution in [0.5, 0.6) is 17.2 Å². The Balaban J connectivity index is 1.55. The molecule has 8 heteroatoms. The van der Waals surface area contributed by atoms with E-state index in [9.17, 15) is 4.79 Å². The Hall–Kier alpha value is -4.62. The van der Waals surface area contributed by atoms with Gasteiger partial charge in [0.1, 0.15) is 6.61 Å². The average Bonchev–Trinajstić information content (AvgIpc) is 2.96. The minimum Gasteiger partial charge on any atom is -0.493 e. The van der Waals surface area contributed by atoms with Gasteiger partial charge in [-0.05, 0) is 30.3 Å². The third-order valence-electron chi connectivity index (χ3n) is 5.92. The Labute approximate surface area is 224 Å². The average molecular weight is 526 g/mol. The molecule has 0 saturated carbocycles. The first-order valence-electron chi connectivity index (χ1n) is 11.8. The molecule has 38 heavy (non-hydrogen) atoms. The van der Waals surface area contributed by atoms with Crippen molar-refractivity contribution in [3.05, 3.63) is 117 Å². The summed E-state index contributed by atoms with van der Waals surface area (Å²) < 4.78 is 18.5. The van der Waals surface area contributed by atoms with Crippen LogP contribution in [-0.2, 0) is 6.61 Å². The summed E-state index contributed by atoms with van der Waals surface area (Å²) in [6.07, 6.45) is 1.56. The highest BCUT2D eigenvalue weighted by molar-refractivity contribution is 6.31. The van der Waals surface area contributed by atoms with Gasteiger partial charge in [0.25, 0.3) is 5.56 Å². The monoisotopic (exact) mass is 525 g/mol. The van der Waals surface area contributed by atoms with Gasteiger partial charge >= 0.3 is 0 Å². The Kier molecular flexibility index (Phi) is 7.38. The zero-order chi connectivity index (χ0) is 26.5. The second kappa shape index (κ2) is 11.2. The number of nitrogens with zero attached hydrogens (tertiary/aromatic N) is 3. The molecule has 0 bridgehead atoms. The van der Waals surface area contributed by atoms with Gasteiger partial charge in [0.2, 0.25) is 5.75 Å². The summed E-state index contributed by atoms with van der Waals surface area (Å²) in [5, 5.41) is 5.62. The van der Waals surface area contributed by atoms with Crippen molar-refractivity contribution in [1.82, 2.24) is 9.66 Å². The lowest BCUT2D eigenvalue weighted by Crippen LogP contribution is -2.20. The van der Waals surface area contributed by atoms with Gasteiger partial charge in [0, 0.05) is 21.7 Å². The number of hydrogen-bond donors (Lipinski definition) is 0. The van der Waals surface area contributed by atoms with Crippen LogP contribution in [0.2, 0.25) is 5.02 Å². The standard InChI is InChI=1S/C30H24ClN3O4/c1-36-26-16-20(17-27(37-2)28(26)38-19-22-12-6-8-14-24(22)31)18-32-34-29(21-10-4-3-5-11-21)33-25-15-9-7-13-23(25)30(34)35/h3-18H,19H2,1-2H3. The largest absolute Gasteiger partial charge is 0.493 e. The Morgan fingerprint density at radius 1 is 0.895 bits per heavy atom. The summed E-state index contributed by atoms with van der Waals surface area (Å²) in [7, 11) is 3.09. The molecule has 0 fully saturated rings. The molecule has 0 aliphatic heterocycles. The Morgan fingerprint density at radius 2 is 1.55 bits per heavy atom. The molecule has 1 aromatic heterocycles.